The number of aliphatic hydroxyl groups is 1. The van der Waals surface area contributed by atoms with Crippen molar-refractivity contribution in [2.24, 2.45) is 0 Å². The standard InChI is InChI=1S/C18H12N4O3S/c23-15(11-3-6-19-7-4-11)13-14(12-2-1-5-20-10-12)22(17(25)16(13)24)18-21-8-9-26-18/h1-10,14,23H/b15-13+. The molecular formula is C18H12N4O3S. The van der Waals surface area contributed by atoms with Crippen molar-refractivity contribution in [2.75, 3.05) is 4.90 Å². The molecule has 3 aromatic rings. The summed E-state index contributed by atoms with van der Waals surface area (Å²) in [6, 6.07) is 5.81. The summed E-state index contributed by atoms with van der Waals surface area (Å²) < 4.78 is 0. The molecule has 1 aliphatic heterocycles. The van der Waals surface area contributed by atoms with E-state index in [1.807, 2.05) is 0 Å². The highest BCUT2D eigenvalue weighted by Crippen LogP contribution is 2.42. The topological polar surface area (TPSA) is 96.3 Å². The van der Waals surface area contributed by atoms with E-state index in [1.54, 1.807) is 48.2 Å². The number of carbonyl (C=O) groups excluding carboxylic acids is 2. The Morgan fingerprint density at radius 3 is 2.54 bits per heavy atom. The van der Waals surface area contributed by atoms with Crippen molar-refractivity contribution in [3.63, 3.8) is 0 Å². The van der Waals surface area contributed by atoms with Gasteiger partial charge in [-0.1, -0.05) is 6.07 Å². The minimum atomic E-state index is -0.803. The second kappa shape index (κ2) is 6.49. The molecule has 128 valence electrons. The van der Waals surface area contributed by atoms with Gasteiger partial charge in [-0.2, -0.15) is 0 Å². The second-order valence-corrected chi connectivity index (χ2v) is 6.38. The average molecular weight is 364 g/mol. The Bertz CT molecular complexity index is 988. The number of aromatic nitrogens is 3. The van der Waals surface area contributed by atoms with Crippen LogP contribution in [0.5, 0.6) is 0 Å². The van der Waals surface area contributed by atoms with Gasteiger partial charge in [0.15, 0.2) is 5.13 Å². The van der Waals surface area contributed by atoms with Crippen LogP contribution in [-0.4, -0.2) is 31.7 Å². The zero-order chi connectivity index (χ0) is 18.1. The molecule has 0 saturated carbocycles. The molecule has 8 heteroatoms. The molecule has 4 heterocycles. The lowest BCUT2D eigenvalue weighted by atomic mass is 9.97. The van der Waals surface area contributed by atoms with Crippen LogP contribution in [0.15, 0.2) is 66.2 Å². The van der Waals surface area contributed by atoms with E-state index in [4.69, 9.17) is 0 Å². The quantitative estimate of drug-likeness (QED) is 0.436. The monoisotopic (exact) mass is 364 g/mol. The fourth-order valence-electron chi connectivity index (χ4n) is 2.88. The van der Waals surface area contributed by atoms with E-state index in [2.05, 4.69) is 15.0 Å². The molecule has 1 atom stereocenters. The summed E-state index contributed by atoms with van der Waals surface area (Å²) in [6.45, 7) is 0. The third-order valence-corrected chi connectivity index (χ3v) is 4.79. The third kappa shape index (κ3) is 2.56. The van der Waals surface area contributed by atoms with E-state index in [0.29, 0.717) is 16.3 Å². The molecule has 4 rings (SSSR count). The molecule has 1 unspecified atom stereocenters. The maximum atomic E-state index is 12.7. The van der Waals surface area contributed by atoms with Gasteiger partial charge >= 0.3 is 5.91 Å². The van der Waals surface area contributed by atoms with Crippen molar-refractivity contribution in [1.29, 1.82) is 0 Å². The predicted molar refractivity (Wildman–Crippen MR) is 95.4 cm³/mol. The van der Waals surface area contributed by atoms with Crippen molar-refractivity contribution in [3.05, 3.63) is 77.3 Å². The van der Waals surface area contributed by atoms with Crippen LogP contribution in [0.3, 0.4) is 0 Å². The summed E-state index contributed by atoms with van der Waals surface area (Å²) in [5.41, 5.74) is 1.02. The minimum absolute atomic E-state index is 0.00407. The molecule has 0 aromatic carbocycles. The molecule has 3 aromatic heterocycles. The van der Waals surface area contributed by atoms with Crippen LogP contribution >= 0.6 is 11.3 Å². The fraction of sp³-hybridized carbons (Fsp3) is 0.0556. The van der Waals surface area contributed by atoms with Crippen molar-refractivity contribution in [2.45, 2.75) is 6.04 Å². The van der Waals surface area contributed by atoms with Gasteiger partial charge in [-0.25, -0.2) is 4.98 Å². The molecule has 26 heavy (non-hydrogen) atoms. The van der Waals surface area contributed by atoms with Gasteiger partial charge in [0.25, 0.3) is 5.78 Å². The van der Waals surface area contributed by atoms with Crippen molar-refractivity contribution in [1.82, 2.24) is 15.0 Å². The van der Waals surface area contributed by atoms with Crippen LogP contribution in [0.4, 0.5) is 5.13 Å². The number of carbonyl (C=O) groups is 2. The van der Waals surface area contributed by atoms with Crippen LogP contribution in [0.25, 0.3) is 5.76 Å². The average Bonchev–Trinajstić information content (AvgIpc) is 3.30. The van der Waals surface area contributed by atoms with Gasteiger partial charge < -0.3 is 5.11 Å². The Balaban J connectivity index is 1.95. The normalized spacial score (nSPS) is 19.1. The first-order valence-electron chi connectivity index (χ1n) is 7.69. The maximum absolute atomic E-state index is 12.7. The number of nitrogens with zero attached hydrogens (tertiary/aromatic N) is 4. The number of anilines is 1. The van der Waals surface area contributed by atoms with Crippen molar-refractivity contribution >= 4 is 33.9 Å². The van der Waals surface area contributed by atoms with Gasteiger partial charge in [0.2, 0.25) is 0 Å². The highest BCUT2D eigenvalue weighted by molar-refractivity contribution is 7.14. The van der Waals surface area contributed by atoms with E-state index in [0.717, 1.165) is 0 Å². The number of Topliss-reactive ketones (excluding diaryl/α,β-unsaturated/α-hetero) is 1. The molecule has 0 aliphatic carbocycles. The summed E-state index contributed by atoms with van der Waals surface area (Å²) in [5.74, 6) is -1.74. The smallest absolute Gasteiger partial charge is 0.301 e. The van der Waals surface area contributed by atoms with Crippen molar-refractivity contribution < 1.29 is 14.7 Å². The molecular weight excluding hydrogens is 352 g/mol. The van der Waals surface area contributed by atoms with Crippen LogP contribution in [0.1, 0.15) is 17.2 Å². The van der Waals surface area contributed by atoms with E-state index in [1.165, 1.54) is 28.6 Å². The first kappa shape index (κ1) is 16.1. The first-order chi connectivity index (χ1) is 12.7. The van der Waals surface area contributed by atoms with Gasteiger partial charge in [-0.05, 0) is 23.8 Å². The molecule has 0 bridgehead atoms. The zero-order valence-corrected chi connectivity index (χ0v) is 14.1. The van der Waals surface area contributed by atoms with Crippen LogP contribution < -0.4 is 4.90 Å². The molecule has 1 amide bonds. The number of hydrogen-bond acceptors (Lipinski definition) is 7. The number of hydrogen-bond donors (Lipinski definition) is 1. The molecule has 1 fully saturated rings. The summed E-state index contributed by atoms with van der Waals surface area (Å²) in [4.78, 5) is 38.9. The van der Waals surface area contributed by atoms with Gasteiger partial charge in [-0.15, -0.1) is 11.3 Å². The lowest BCUT2D eigenvalue weighted by molar-refractivity contribution is -0.132. The molecule has 1 saturated heterocycles. The number of rotatable bonds is 3. The van der Waals surface area contributed by atoms with Crippen molar-refractivity contribution in [3.8, 4) is 0 Å². The number of thiazole rings is 1. The molecule has 0 spiro atoms. The first-order valence-corrected chi connectivity index (χ1v) is 8.57. The fourth-order valence-corrected chi connectivity index (χ4v) is 3.55. The van der Waals surface area contributed by atoms with Gasteiger partial charge in [-0.3, -0.25) is 24.5 Å². The summed E-state index contributed by atoms with van der Waals surface area (Å²) in [5, 5.41) is 12.9. The number of ketones is 1. The minimum Gasteiger partial charge on any atom is -0.507 e. The van der Waals surface area contributed by atoms with Gasteiger partial charge in [0.05, 0.1) is 11.6 Å². The molecule has 1 N–H and O–H groups in total. The molecule has 1 aliphatic rings. The lowest BCUT2D eigenvalue weighted by Crippen LogP contribution is -2.29. The predicted octanol–water partition coefficient (Wildman–Crippen LogP) is 2.56. The Morgan fingerprint density at radius 2 is 1.88 bits per heavy atom. The molecule has 7 nitrogen and oxygen atoms in total. The summed E-state index contributed by atoms with van der Waals surface area (Å²) in [7, 11) is 0. The lowest BCUT2D eigenvalue weighted by Gasteiger charge is -2.22. The third-order valence-electron chi connectivity index (χ3n) is 4.02. The number of pyridine rings is 2. The molecule has 0 radical (unpaired) electrons. The van der Waals surface area contributed by atoms with Crippen LogP contribution in [0.2, 0.25) is 0 Å². The number of aliphatic hydroxyl groups excluding tert-OH is 1. The van der Waals surface area contributed by atoms with E-state index in [9.17, 15) is 14.7 Å². The van der Waals surface area contributed by atoms with E-state index in [-0.39, 0.29) is 11.3 Å². The van der Waals surface area contributed by atoms with Crippen LogP contribution in [0, 0.1) is 0 Å². The zero-order valence-electron chi connectivity index (χ0n) is 13.3. The summed E-state index contributed by atoms with van der Waals surface area (Å²) in [6.07, 6.45) is 7.73. The highest BCUT2D eigenvalue weighted by Gasteiger charge is 2.48. The van der Waals surface area contributed by atoms with E-state index < -0.39 is 17.7 Å². The Morgan fingerprint density at radius 1 is 1.08 bits per heavy atom. The Kier molecular flexibility index (Phi) is 4.02. The largest absolute Gasteiger partial charge is 0.507 e. The highest BCUT2D eigenvalue weighted by atomic mass is 32.1. The Labute approximate surface area is 152 Å². The SMILES string of the molecule is O=C1C(=O)N(c2nccs2)C(c2cccnc2)/C1=C(\O)c1ccncc1. The van der Waals surface area contributed by atoms with Gasteiger partial charge in [0, 0.05) is 41.9 Å². The second-order valence-electron chi connectivity index (χ2n) is 5.51. The Hall–Kier alpha value is -3.39. The van der Waals surface area contributed by atoms with Crippen LogP contribution in [-0.2, 0) is 9.59 Å². The summed E-state index contributed by atoms with van der Waals surface area (Å²) >= 11 is 1.24. The van der Waals surface area contributed by atoms with Gasteiger partial charge in [0.1, 0.15) is 5.76 Å². The van der Waals surface area contributed by atoms with E-state index >= 15 is 0 Å². The number of amides is 1. The maximum Gasteiger partial charge on any atom is 0.301 e.